The molecule has 6 heteroatoms. The molecule has 0 bridgehead atoms. The molecule has 0 aliphatic rings. The van der Waals surface area contributed by atoms with Gasteiger partial charge in [0.05, 0.1) is 32.5 Å². The lowest BCUT2D eigenvalue weighted by molar-refractivity contribution is -0.132. The molecule has 2 rings (SSSR count). The van der Waals surface area contributed by atoms with Gasteiger partial charge < -0.3 is 18.9 Å². The Balaban J connectivity index is 2.45. The summed E-state index contributed by atoms with van der Waals surface area (Å²) in [6, 6.07) is 12.6. The van der Waals surface area contributed by atoms with Gasteiger partial charge >= 0.3 is 5.97 Å². The largest absolute Gasteiger partial charge is 0.493 e. The fraction of sp³-hybridized carbons (Fsp3) is 0.238. The van der Waals surface area contributed by atoms with Crippen LogP contribution in [0.3, 0.4) is 0 Å². The second kappa shape index (κ2) is 9.30. The van der Waals surface area contributed by atoms with Gasteiger partial charge in [-0.15, -0.1) is 0 Å². The third kappa shape index (κ3) is 5.02. The van der Waals surface area contributed by atoms with Crippen LogP contribution in [0, 0.1) is 11.3 Å². The Hall–Kier alpha value is -3.46. The number of benzene rings is 2. The summed E-state index contributed by atoms with van der Waals surface area (Å²) < 4.78 is 21.2. The van der Waals surface area contributed by atoms with E-state index in [9.17, 15) is 10.1 Å². The number of hydrogen-bond acceptors (Lipinski definition) is 6. The van der Waals surface area contributed by atoms with E-state index in [0.29, 0.717) is 40.7 Å². The van der Waals surface area contributed by atoms with Crippen LogP contribution >= 0.6 is 0 Å². The third-order valence-electron chi connectivity index (χ3n) is 3.65. The van der Waals surface area contributed by atoms with Crippen LogP contribution in [0.5, 0.6) is 23.0 Å². The van der Waals surface area contributed by atoms with Crippen LogP contribution in [0.25, 0.3) is 11.6 Å². The minimum absolute atomic E-state index is 0.316. The standard InChI is InChI=1S/C21H21NO5/c1-5-26-21-12-16(7-9-19(21)27-14(2)23)17(13-22)10-15-6-8-18(24-3)20(11-15)25-4/h6-12H,5H2,1-4H3. The summed E-state index contributed by atoms with van der Waals surface area (Å²) in [5.41, 5.74) is 1.86. The number of carbonyl (C=O) groups excluding carboxylic acids is 1. The maximum Gasteiger partial charge on any atom is 0.308 e. The number of nitrogens with zero attached hydrogens (tertiary/aromatic N) is 1. The normalized spacial score (nSPS) is 10.7. The maximum atomic E-state index is 11.2. The van der Waals surface area contributed by atoms with Crippen molar-refractivity contribution in [1.29, 1.82) is 5.26 Å². The highest BCUT2D eigenvalue weighted by Crippen LogP contribution is 2.33. The van der Waals surface area contributed by atoms with Crippen molar-refractivity contribution in [2.45, 2.75) is 13.8 Å². The maximum absolute atomic E-state index is 11.2. The quantitative estimate of drug-likeness (QED) is 0.317. The summed E-state index contributed by atoms with van der Waals surface area (Å²) >= 11 is 0. The van der Waals surface area contributed by atoms with Crippen molar-refractivity contribution in [3.05, 3.63) is 47.5 Å². The molecule has 0 fully saturated rings. The fourth-order valence-corrected chi connectivity index (χ4v) is 2.47. The molecule has 0 aromatic heterocycles. The van der Waals surface area contributed by atoms with Gasteiger partial charge in [0, 0.05) is 6.92 Å². The molecule has 0 amide bonds. The molecule has 140 valence electrons. The predicted molar refractivity (Wildman–Crippen MR) is 102 cm³/mol. The van der Waals surface area contributed by atoms with Crippen LogP contribution < -0.4 is 18.9 Å². The molecule has 0 saturated carbocycles. The summed E-state index contributed by atoms with van der Waals surface area (Å²) in [6.45, 7) is 3.55. The average Bonchev–Trinajstić information content (AvgIpc) is 2.67. The lowest BCUT2D eigenvalue weighted by atomic mass is 10.0. The van der Waals surface area contributed by atoms with Gasteiger partial charge in [-0.05, 0) is 54.5 Å². The molecule has 0 atom stereocenters. The van der Waals surface area contributed by atoms with Crippen LogP contribution in [0.2, 0.25) is 0 Å². The predicted octanol–water partition coefficient (Wildman–Crippen LogP) is 4.09. The van der Waals surface area contributed by atoms with Gasteiger partial charge in [0.1, 0.15) is 0 Å². The SMILES string of the molecule is CCOc1cc(C(C#N)=Cc2ccc(OC)c(OC)c2)ccc1OC(C)=O. The number of hydrogen-bond donors (Lipinski definition) is 0. The van der Waals surface area contributed by atoms with E-state index in [4.69, 9.17) is 18.9 Å². The van der Waals surface area contributed by atoms with E-state index < -0.39 is 5.97 Å². The van der Waals surface area contributed by atoms with Crippen molar-refractivity contribution in [3.8, 4) is 29.1 Å². The van der Waals surface area contributed by atoms with Crippen molar-refractivity contribution >= 4 is 17.6 Å². The van der Waals surface area contributed by atoms with E-state index >= 15 is 0 Å². The van der Waals surface area contributed by atoms with Crippen LogP contribution in [-0.2, 0) is 4.79 Å². The molecule has 0 heterocycles. The molecule has 0 aliphatic carbocycles. The average molecular weight is 367 g/mol. The van der Waals surface area contributed by atoms with E-state index in [-0.39, 0.29) is 0 Å². The fourth-order valence-electron chi connectivity index (χ4n) is 2.47. The van der Waals surface area contributed by atoms with Crippen molar-refractivity contribution in [2.24, 2.45) is 0 Å². The van der Waals surface area contributed by atoms with Crippen molar-refractivity contribution in [2.75, 3.05) is 20.8 Å². The number of carbonyl (C=O) groups is 1. The highest BCUT2D eigenvalue weighted by atomic mass is 16.6. The Morgan fingerprint density at radius 1 is 1.04 bits per heavy atom. The van der Waals surface area contributed by atoms with Crippen LogP contribution in [0.15, 0.2) is 36.4 Å². The first-order chi connectivity index (χ1) is 13.0. The zero-order valence-electron chi connectivity index (χ0n) is 15.7. The first-order valence-electron chi connectivity index (χ1n) is 8.31. The molecule has 0 spiro atoms. The van der Waals surface area contributed by atoms with Gasteiger partial charge in [0.15, 0.2) is 23.0 Å². The molecule has 0 radical (unpaired) electrons. The Labute approximate surface area is 158 Å². The first-order valence-corrected chi connectivity index (χ1v) is 8.31. The molecule has 27 heavy (non-hydrogen) atoms. The summed E-state index contributed by atoms with van der Waals surface area (Å²) in [7, 11) is 3.12. The molecular formula is C21H21NO5. The minimum Gasteiger partial charge on any atom is -0.493 e. The third-order valence-corrected chi connectivity index (χ3v) is 3.65. The van der Waals surface area contributed by atoms with E-state index in [1.54, 1.807) is 50.6 Å². The lowest BCUT2D eigenvalue weighted by Crippen LogP contribution is -2.04. The number of allylic oxidation sites excluding steroid dienone is 1. The Kier molecular flexibility index (Phi) is 6.84. The second-order valence-corrected chi connectivity index (χ2v) is 5.47. The Morgan fingerprint density at radius 2 is 1.74 bits per heavy atom. The van der Waals surface area contributed by atoms with E-state index in [0.717, 1.165) is 5.56 Å². The van der Waals surface area contributed by atoms with Gasteiger partial charge in [-0.25, -0.2) is 0 Å². The lowest BCUT2D eigenvalue weighted by Gasteiger charge is -2.11. The van der Waals surface area contributed by atoms with Gasteiger partial charge in [-0.3, -0.25) is 4.79 Å². The highest BCUT2D eigenvalue weighted by molar-refractivity contribution is 5.90. The summed E-state index contributed by atoms with van der Waals surface area (Å²) in [6.07, 6.45) is 1.73. The molecule has 0 unspecified atom stereocenters. The van der Waals surface area contributed by atoms with Crippen LogP contribution in [0.4, 0.5) is 0 Å². The summed E-state index contributed by atoms with van der Waals surface area (Å²) in [5, 5.41) is 9.60. The van der Waals surface area contributed by atoms with Crippen molar-refractivity contribution in [1.82, 2.24) is 0 Å². The molecule has 2 aromatic rings. The number of ether oxygens (including phenoxy) is 4. The Bertz CT molecular complexity index is 896. The van der Waals surface area contributed by atoms with Gasteiger partial charge in [0.2, 0.25) is 0 Å². The molecular weight excluding hydrogens is 346 g/mol. The molecule has 2 aromatic carbocycles. The van der Waals surface area contributed by atoms with E-state index in [2.05, 4.69) is 6.07 Å². The summed E-state index contributed by atoms with van der Waals surface area (Å²) in [5.74, 6) is 1.46. The molecule has 0 N–H and O–H groups in total. The highest BCUT2D eigenvalue weighted by Gasteiger charge is 2.12. The zero-order valence-corrected chi connectivity index (χ0v) is 15.7. The van der Waals surface area contributed by atoms with Gasteiger partial charge in [0.25, 0.3) is 0 Å². The summed E-state index contributed by atoms with van der Waals surface area (Å²) in [4.78, 5) is 11.2. The Morgan fingerprint density at radius 3 is 2.33 bits per heavy atom. The molecule has 0 aliphatic heterocycles. The number of esters is 1. The van der Waals surface area contributed by atoms with E-state index in [1.807, 2.05) is 13.0 Å². The van der Waals surface area contributed by atoms with Crippen LogP contribution in [0.1, 0.15) is 25.0 Å². The van der Waals surface area contributed by atoms with Gasteiger partial charge in [-0.2, -0.15) is 5.26 Å². The van der Waals surface area contributed by atoms with Crippen LogP contribution in [-0.4, -0.2) is 26.8 Å². The number of methoxy groups -OCH3 is 2. The monoisotopic (exact) mass is 367 g/mol. The zero-order chi connectivity index (χ0) is 19.8. The smallest absolute Gasteiger partial charge is 0.308 e. The number of nitriles is 1. The topological polar surface area (TPSA) is 77.8 Å². The molecule has 0 saturated heterocycles. The van der Waals surface area contributed by atoms with Gasteiger partial charge in [-0.1, -0.05) is 6.07 Å². The van der Waals surface area contributed by atoms with E-state index in [1.165, 1.54) is 6.92 Å². The second-order valence-electron chi connectivity index (χ2n) is 5.47. The molecule has 6 nitrogen and oxygen atoms in total. The number of rotatable bonds is 7. The first kappa shape index (κ1) is 19.9. The van der Waals surface area contributed by atoms with Crippen molar-refractivity contribution < 1.29 is 23.7 Å². The van der Waals surface area contributed by atoms with Crippen molar-refractivity contribution in [3.63, 3.8) is 0 Å². The minimum atomic E-state index is -0.440.